The first kappa shape index (κ1) is 13.7. The summed E-state index contributed by atoms with van der Waals surface area (Å²) >= 11 is 0. The van der Waals surface area contributed by atoms with Crippen molar-refractivity contribution in [1.82, 2.24) is 0 Å². The maximum atomic E-state index is 8.06. The van der Waals surface area contributed by atoms with E-state index in [1.807, 2.05) is 27.7 Å². The normalized spacial score (nSPS) is 11.2. The van der Waals surface area contributed by atoms with E-state index in [-0.39, 0.29) is 0 Å². The molecular weight excluding hydrogens is 152 g/mol. The number of hydrogen-bond donors (Lipinski definition) is 2. The summed E-state index contributed by atoms with van der Waals surface area (Å²) in [6, 6.07) is 0. The fourth-order valence-corrected chi connectivity index (χ4v) is 0.344. The minimum atomic E-state index is 0.468. The van der Waals surface area contributed by atoms with E-state index in [0.29, 0.717) is 11.8 Å². The molecule has 72 valence electrons. The summed E-state index contributed by atoms with van der Waals surface area (Å²) in [5, 5.41) is 16.1. The Morgan fingerprint density at radius 1 is 0.750 bits per heavy atom. The quantitative estimate of drug-likeness (QED) is 0.626. The minimum Gasteiger partial charge on any atom is -0.516 e. The third-order valence-electron chi connectivity index (χ3n) is 0.942. The Bertz CT molecular complexity index is 108. The third-order valence-corrected chi connectivity index (χ3v) is 0.942. The van der Waals surface area contributed by atoms with Crippen molar-refractivity contribution in [3.8, 4) is 0 Å². The second-order valence-electron chi connectivity index (χ2n) is 3.17. The van der Waals surface area contributed by atoms with Crippen molar-refractivity contribution >= 4 is 0 Å². The van der Waals surface area contributed by atoms with Gasteiger partial charge >= 0.3 is 0 Å². The van der Waals surface area contributed by atoms with Crippen molar-refractivity contribution in [2.75, 3.05) is 0 Å². The van der Waals surface area contributed by atoms with Gasteiger partial charge in [-0.1, -0.05) is 27.7 Å². The van der Waals surface area contributed by atoms with E-state index in [1.165, 1.54) is 0 Å². The van der Waals surface area contributed by atoms with Crippen LogP contribution in [0.15, 0.2) is 24.7 Å². The SMILES string of the molecule is CC(C)/C=C/O.CC(C)/C=C/O. The van der Waals surface area contributed by atoms with Crippen LogP contribution in [-0.4, -0.2) is 10.2 Å². The molecule has 0 atom stereocenters. The first-order chi connectivity index (χ1) is 5.54. The molecule has 0 saturated carbocycles. The summed E-state index contributed by atoms with van der Waals surface area (Å²) in [6.45, 7) is 8.03. The van der Waals surface area contributed by atoms with E-state index < -0.39 is 0 Å². The Hall–Kier alpha value is -0.920. The summed E-state index contributed by atoms with van der Waals surface area (Å²) in [5.74, 6) is 0.935. The second kappa shape index (κ2) is 10.1. The number of allylic oxidation sites excluding steroid dienone is 2. The highest BCUT2D eigenvalue weighted by atomic mass is 16.2. The van der Waals surface area contributed by atoms with E-state index in [2.05, 4.69) is 0 Å². The molecule has 2 nitrogen and oxygen atoms in total. The van der Waals surface area contributed by atoms with E-state index >= 15 is 0 Å². The van der Waals surface area contributed by atoms with Gasteiger partial charge in [-0.25, -0.2) is 0 Å². The van der Waals surface area contributed by atoms with Crippen molar-refractivity contribution in [2.24, 2.45) is 11.8 Å². The molecule has 12 heavy (non-hydrogen) atoms. The van der Waals surface area contributed by atoms with Crippen LogP contribution in [0.5, 0.6) is 0 Å². The Balaban J connectivity index is 0. The summed E-state index contributed by atoms with van der Waals surface area (Å²) in [7, 11) is 0. The molecule has 0 fully saturated rings. The fourth-order valence-electron chi connectivity index (χ4n) is 0.344. The van der Waals surface area contributed by atoms with Gasteiger partial charge in [0.2, 0.25) is 0 Å². The minimum absolute atomic E-state index is 0.468. The maximum absolute atomic E-state index is 8.06. The molecule has 0 aliphatic rings. The third kappa shape index (κ3) is 23.0. The molecule has 0 spiro atoms. The molecule has 0 saturated heterocycles. The second-order valence-corrected chi connectivity index (χ2v) is 3.17. The van der Waals surface area contributed by atoms with E-state index in [4.69, 9.17) is 10.2 Å². The summed E-state index contributed by atoms with van der Waals surface area (Å²) in [4.78, 5) is 0. The maximum Gasteiger partial charge on any atom is 0.0754 e. The van der Waals surface area contributed by atoms with Gasteiger partial charge in [0.25, 0.3) is 0 Å². The predicted octanol–water partition coefficient (Wildman–Crippen LogP) is 3.43. The van der Waals surface area contributed by atoms with Crippen LogP contribution in [0.3, 0.4) is 0 Å². The van der Waals surface area contributed by atoms with Gasteiger partial charge in [-0.15, -0.1) is 0 Å². The van der Waals surface area contributed by atoms with Gasteiger partial charge in [0.05, 0.1) is 12.5 Å². The molecule has 0 aromatic carbocycles. The van der Waals surface area contributed by atoms with Crippen LogP contribution in [0.2, 0.25) is 0 Å². The molecule has 0 heterocycles. The number of aliphatic hydroxyl groups is 2. The first-order valence-electron chi connectivity index (χ1n) is 4.16. The lowest BCUT2D eigenvalue weighted by atomic mass is 10.2. The van der Waals surface area contributed by atoms with Crippen molar-refractivity contribution in [1.29, 1.82) is 0 Å². The Kier molecular flexibility index (Phi) is 11.5. The Morgan fingerprint density at radius 3 is 1.00 bits per heavy atom. The van der Waals surface area contributed by atoms with Crippen LogP contribution >= 0.6 is 0 Å². The highest BCUT2D eigenvalue weighted by Crippen LogP contribution is 1.90. The monoisotopic (exact) mass is 172 g/mol. The number of rotatable bonds is 2. The molecule has 0 amide bonds. The summed E-state index contributed by atoms with van der Waals surface area (Å²) < 4.78 is 0. The van der Waals surface area contributed by atoms with Gasteiger partial charge in [0, 0.05) is 0 Å². The molecule has 0 bridgehead atoms. The van der Waals surface area contributed by atoms with Crippen LogP contribution in [0.25, 0.3) is 0 Å². The van der Waals surface area contributed by atoms with E-state index in [9.17, 15) is 0 Å². The van der Waals surface area contributed by atoms with Gasteiger partial charge in [-0.2, -0.15) is 0 Å². The summed E-state index contributed by atoms with van der Waals surface area (Å²) in [6.07, 6.45) is 5.59. The molecule has 0 aliphatic carbocycles. The van der Waals surface area contributed by atoms with Crippen LogP contribution in [0.4, 0.5) is 0 Å². The summed E-state index contributed by atoms with van der Waals surface area (Å²) in [5.41, 5.74) is 0. The van der Waals surface area contributed by atoms with Crippen molar-refractivity contribution < 1.29 is 10.2 Å². The predicted molar refractivity (Wildman–Crippen MR) is 53.2 cm³/mol. The number of hydrogen-bond acceptors (Lipinski definition) is 2. The molecule has 0 unspecified atom stereocenters. The highest BCUT2D eigenvalue weighted by molar-refractivity contribution is 4.74. The molecule has 0 radical (unpaired) electrons. The van der Waals surface area contributed by atoms with E-state index in [0.717, 1.165) is 12.5 Å². The molecule has 0 rings (SSSR count). The molecule has 2 N–H and O–H groups in total. The Labute approximate surface area is 75.2 Å². The average molecular weight is 172 g/mol. The topological polar surface area (TPSA) is 40.5 Å². The highest BCUT2D eigenvalue weighted by Gasteiger charge is 1.78. The molecule has 0 aromatic heterocycles. The average Bonchev–Trinajstić information content (AvgIpc) is 1.87. The molecule has 0 aliphatic heterocycles. The lowest BCUT2D eigenvalue weighted by molar-refractivity contribution is 0.466. The largest absolute Gasteiger partial charge is 0.516 e. The number of aliphatic hydroxyl groups excluding tert-OH is 2. The van der Waals surface area contributed by atoms with Crippen LogP contribution in [0.1, 0.15) is 27.7 Å². The van der Waals surface area contributed by atoms with Gasteiger partial charge in [-0.3, -0.25) is 0 Å². The first-order valence-corrected chi connectivity index (χ1v) is 4.16. The van der Waals surface area contributed by atoms with Crippen molar-refractivity contribution in [3.63, 3.8) is 0 Å². The zero-order valence-corrected chi connectivity index (χ0v) is 8.36. The molecule has 0 aromatic rings. The van der Waals surface area contributed by atoms with Crippen LogP contribution in [0, 0.1) is 11.8 Å². The van der Waals surface area contributed by atoms with E-state index in [1.54, 1.807) is 12.2 Å². The molecule has 2 heteroatoms. The fraction of sp³-hybridized carbons (Fsp3) is 0.600. The van der Waals surface area contributed by atoms with Crippen molar-refractivity contribution in [3.05, 3.63) is 24.7 Å². The van der Waals surface area contributed by atoms with Crippen molar-refractivity contribution in [2.45, 2.75) is 27.7 Å². The van der Waals surface area contributed by atoms with Gasteiger partial charge in [0.1, 0.15) is 0 Å². The van der Waals surface area contributed by atoms with Gasteiger partial charge < -0.3 is 10.2 Å². The lowest BCUT2D eigenvalue weighted by Crippen LogP contribution is -1.74. The standard InChI is InChI=1S/2C5H10O/c2*1-5(2)3-4-6/h2*3-6H,1-2H3/b2*4-3+. The smallest absolute Gasteiger partial charge is 0.0754 e. The van der Waals surface area contributed by atoms with Gasteiger partial charge in [0.15, 0.2) is 0 Å². The Morgan fingerprint density at radius 2 is 1.00 bits per heavy atom. The lowest BCUT2D eigenvalue weighted by Gasteiger charge is -1.86. The van der Waals surface area contributed by atoms with Crippen LogP contribution < -0.4 is 0 Å². The van der Waals surface area contributed by atoms with Gasteiger partial charge in [-0.05, 0) is 24.0 Å². The van der Waals surface area contributed by atoms with Crippen LogP contribution in [-0.2, 0) is 0 Å². The zero-order chi connectivity index (χ0) is 9.98. The zero-order valence-electron chi connectivity index (χ0n) is 8.36. The molecular formula is C10H20O2.